The second kappa shape index (κ2) is 7.48. The van der Waals surface area contributed by atoms with Crippen LogP contribution >= 0.6 is 0 Å². The van der Waals surface area contributed by atoms with Crippen LogP contribution < -0.4 is 9.47 Å². The molecule has 5 heteroatoms. The number of halogens is 1. The predicted octanol–water partition coefficient (Wildman–Crippen LogP) is 4.88. The molecule has 4 rings (SSSR count). The van der Waals surface area contributed by atoms with Gasteiger partial charge in [-0.2, -0.15) is 5.26 Å². The highest BCUT2D eigenvalue weighted by molar-refractivity contribution is 5.43. The highest BCUT2D eigenvalue weighted by Crippen LogP contribution is 2.37. The van der Waals surface area contributed by atoms with Crippen LogP contribution in [0.15, 0.2) is 66.7 Å². The van der Waals surface area contributed by atoms with Crippen molar-refractivity contribution in [1.29, 1.82) is 5.26 Å². The molecule has 0 fully saturated rings. The van der Waals surface area contributed by atoms with Gasteiger partial charge in [-0.25, -0.2) is 4.39 Å². The molecule has 1 aliphatic heterocycles. The Morgan fingerprint density at radius 1 is 1.07 bits per heavy atom. The zero-order valence-corrected chi connectivity index (χ0v) is 14.4. The van der Waals surface area contributed by atoms with E-state index in [1.54, 1.807) is 24.3 Å². The van der Waals surface area contributed by atoms with Gasteiger partial charge in [0.25, 0.3) is 0 Å². The maximum absolute atomic E-state index is 14.0. The van der Waals surface area contributed by atoms with E-state index in [1.165, 1.54) is 12.1 Å². The predicted molar refractivity (Wildman–Crippen MR) is 96.5 cm³/mol. The van der Waals surface area contributed by atoms with Crippen molar-refractivity contribution in [2.75, 3.05) is 0 Å². The Kier molecular flexibility index (Phi) is 4.73. The van der Waals surface area contributed by atoms with E-state index < -0.39 is 6.29 Å². The van der Waals surface area contributed by atoms with E-state index in [0.717, 1.165) is 5.56 Å². The van der Waals surface area contributed by atoms with E-state index in [9.17, 15) is 4.39 Å². The monoisotopic (exact) mass is 361 g/mol. The first-order valence-corrected chi connectivity index (χ1v) is 8.50. The largest absolute Gasteiger partial charge is 0.489 e. The molecule has 3 aromatic carbocycles. The number of benzene rings is 3. The minimum absolute atomic E-state index is 0.146. The van der Waals surface area contributed by atoms with Crippen molar-refractivity contribution in [3.05, 3.63) is 94.8 Å². The lowest BCUT2D eigenvalue weighted by molar-refractivity contribution is -0.112. The fourth-order valence-corrected chi connectivity index (χ4v) is 2.95. The molecule has 27 heavy (non-hydrogen) atoms. The smallest absolute Gasteiger partial charge is 0.227 e. The Balaban J connectivity index is 1.56. The molecular weight excluding hydrogens is 345 g/mol. The molecule has 0 spiro atoms. The maximum Gasteiger partial charge on any atom is 0.227 e. The maximum atomic E-state index is 14.0. The highest BCUT2D eigenvalue weighted by Gasteiger charge is 2.25. The lowest BCUT2D eigenvalue weighted by Gasteiger charge is -2.28. The minimum atomic E-state index is -0.544. The van der Waals surface area contributed by atoms with Crippen LogP contribution in [0, 0.1) is 17.1 Å². The lowest BCUT2D eigenvalue weighted by atomic mass is 10.1. The zero-order chi connectivity index (χ0) is 18.6. The highest BCUT2D eigenvalue weighted by atomic mass is 19.1. The molecular formula is C22H16FNO3. The van der Waals surface area contributed by atoms with Crippen molar-refractivity contribution in [1.82, 2.24) is 0 Å². The van der Waals surface area contributed by atoms with E-state index in [0.29, 0.717) is 28.2 Å². The summed E-state index contributed by atoms with van der Waals surface area (Å²) in [6.07, 6.45) is -0.544. The number of nitriles is 1. The zero-order valence-electron chi connectivity index (χ0n) is 14.4. The summed E-state index contributed by atoms with van der Waals surface area (Å²) in [6, 6.07) is 21.2. The first-order chi connectivity index (χ1) is 13.2. The van der Waals surface area contributed by atoms with Gasteiger partial charge in [0, 0.05) is 16.7 Å². The Morgan fingerprint density at radius 2 is 1.85 bits per heavy atom. The molecule has 134 valence electrons. The number of hydrogen-bond donors (Lipinski definition) is 0. The second-order valence-corrected chi connectivity index (χ2v) is 6.15. The average molecular weight is 361 g/mol. The van der Waals surface area contributed by atoms with Crippen molar-refractivity contribution in [2.24, 2.45) is 0 Å². The summed E-state index contributed by atoms with van der Waals surface area (Å²) in [5.74, 6) is 0.821. The van der Waals surface area contributed by atoms with E-state index in [1.807, 2.05) is 30.3 Å². The molecule has 4 nitrogen and oxygen atoms in total. The van der Waals surface area contributed by atoms with Crippen LogP contribution in [0.2, 0.25) is 0 Å². The first-order valence-electron chi connectivity index (χ1n) is 8.50. The summed E-state index contributed by atoms with van der Waals surface area (Å²) in [5, 5.41) is 8.86. The molecule has 0 unspecified atom stereocenters. The lowest BCUT2D eigenvalue weighted by Crippen LogP contribution is -2.19. The Morgan fingerprint density at radius 3 is 2.59 bits per heavy atom. The van der Waals surface area contributed by atoms with E-state index in [4.69, 9.17) is 19.5 Å². The molecule has 0 saturated carbocycles. The summed E-state index contributed by atoms with van der Waals surface area (Å²) < 4.78 is 31.5. The van der Waals surface area contributed by atoms with Gasteiger partial charge in [0.2, 0.25) is 6.29 Å². The van der Waals surface area contributed by atoms with Crippen LogP contribution in [-0.4, -0.2) is 0 Å². The fraction of sp³-hybridized carbons (Fsp3) is 0.136. The second-order valence-electron chi connectivity index (χ2n) is 6.15. The molecule has 0 saturated heterocycles. The average Bonchev–Trinajstić information content (AvgIpc) is 2.72. The summed E-state index contributed by atoms with van der Waals surface area (Å²) >= 11 is 0. The first kappa shape index (κ1) is 17.1. The Hall–Kier alpha value is -3.36. The number of nitrogens with zero attached hydrogens (tertiary/aromatic N) is 1. The summed E-state index contributed by atoms with van der Waals surface area (Å²) in [4.78, 5) is 0. The Bertz CT molecular complexity index is 981. The minimum Gasteiger partial charge on any atom is -0.489 e. The topological polar surface area (TPSA) is 51.5 Å². The van der Waals surface area contributed by atoms with Crippen molar-refractivity contribution in [3.8, 4) is 17.6 Å². The van der Waals surface area contributed by atoms with Gasteiger partial charge in [-0.1, -0.05) is 30.3 Å². The molecule has 0 aromatic heterocycles. The van der Waals surface area contributed by atoms with Gasteiger partial charge < -0.3 is 14.2 Å². The summed E-state index contributed by atoms with van der Waals surface area (Å²) in [5.41, 5.74) is 2.71. The normalized spacial score (nSPS) is 15.3. The molecule has 0 N–H and O–H groups in total. The van der Waals surface area contributed by atoms with Crippen LogP contribution in [0.3, 0.4) is 0 Å². The summed E-state index contributed by atoms with van der Waals surface area (Å²) in [7, 11) is 0. The molecule has 1 heterocycles. The van der Waals surface area contributed by atoms with Crippen LogP contribution in [-0.2, 0) is 18.0 Å². The van der Waals surface area contributed by atoms with Gasteiger partial charge >= 0.3 is 0 Å². The molecule has 1 atom stereocenters. The molecule has 0 amide bonds. The van der Waals surface area contributed by atoms with Gasteiger partial charge in [0.05, 0.1) is 18.2 Å². The number of rotatable bonds is 4. The van der Waals surface area contributed by atoms with E-state index in [-0.39, 0.29) is 19.0 Å². The quantitative estimate of drug-likeness (QED) is 0.664. The van der Waals surface area contributed by atoms with Gasteiger partial charge in [-0.15, -0.1) is 0 Å². The molecule has 0 bridgehead atoms. The standard InChI is InChI=1S/C22H16FNO3/c23-19-10-17(13-25-20-8-6-15(12-24)7-9-20)21-18(11-19)14-26-22(27-21)16-4-2-1-3-5-16/h1-11,22H,13-14H2/t22-/m1/s1. The fourth-order valence-electron chi connectivity index (χ4n) is 2.95. The number of hydrogen-bond acceptors (Lipinski definition) is 4. The number of ether oxygens (including phenoxy) is 3. The van der Waals surface area contributed by atoms with Crippen LogP contribution in [0.4, 0.5) is 4.39 Å². The van der Waals surface area contributed by atoms with Crippen LogP contribution in [0.1, 0.15) is 28.5 Å². The third kappa shape index (κ3) is 3.76. The van der Waals surface area contributed by atoms with E-state index in [2.05, 4.69) is 6.07 Å². The van der Waals surface area contributed by atoms with Crippen molar-refractivity contribution in [3.63, 3.8) is 0 Å². The SMILES string of the molecule is N#Cc1ccc(OCc2cc(F)cc3c2O[C@H](c2ccccc2)OC3)cc1. The molecule has 0 radical (unpaired) electrons. The molecule has 1 aliphatic rings. The van der Waals surface area contributed by atoms with Crippen LogP contribution in [0.25, 0.3) is 0 Å². The summed E-state index contributed by atoms with van der Waals surface area (Å²) in [6.45, 7) is 0.407. The molecule has 0 aliphatic carbocycles. The number of fused-ring (bicyclic) bond motifs is 1. The van der Waals surface area contributed by atoms with Crippen LogP contribution in [0.5, 0.6) is 11.5 Å². The van der Waals surface area contributed by atoms with Crippen molar-refractivity contribution < 1.29 is 18.6 Å². The van der Waals surface area contributed by atoms with Gasteiger partial charge in [-0.3, -0.25) is 0 Å². The van der Waals surface area contributed by atoms with Gasteiger partial charge in [-0.05, 0) is 36.4 Å². The Labute approximate surface area is 156 Å². The van der Waals surface area contributed by atoms with Crippen molar-refractivity contribution in [2.45, 2.75) is 19.5 Å². The van der Waals surface area contributed by atoms with E-state index >= 15 is 0 Å². The van der Waals surface area contributed by atoms with Gasteiger partial charge in [0.1, 0.15) is 23.9 Å². The van der Waals surface area contributed by atoms with Gasteiger partial charge in [0.15, 0.2) is 0 Å². The third-order valence-electron chi connectivity index (χ3n) is 4.27. The molecule has 3 aromatic rings. The third-order valence-corrected chi connectivity index (χ3v) is 4.27. The van der Waals surface area contributed by atoms with Crippen molar-refractivity contribution >= 4 is 0 Å².